The van der Waals surface area contributed by atoms with E-state index in [1.807, 2.05) is 69.3 Å². The molecule has 0 amide bonds. The molecule has 18 heavy (non-hydrogen) atoms. The van der Waals surface area contributed by atoms with Gasteiger partial charge in [0.2, 0.25) is 0 Å². The minimum atomic E-state index is 0. The van der Waals surface area contributed by atoms with Crippen LogP contribution >= 0.6 is 0 Å². The van der Waals surface area contributed by atoms with Gasteiger partial charge in [0.05, 0.1) is 11.9 Å². The number of para-hydroxylation sites is 1. The molecule has 0 bridgehead atoms. The molecule has 0 radical (unpaired) electrons. The Morgan fingerprint density at radius 3 is 2.50 bits per heavy atom. The van der Waals surface area contributed by atoms with Crippen LogP contribution in [-0.4, -0.2) is 6.21 Å². The minimum absolute atomic E-state index is 0. The zero-order valence-electron chi connectivity index (χ0n) is 11.4. The minimum Gasteiger partial charge on any atom is -0.279 e. The van der Waals surface area contributed by atoms with Gasteiger partial charge in [-0.15, -0.1) is 0 Å². The molecular weight excluding hydrogens is 220 g/mol. The Bertz CT molecular complexity index is 406. The van der Waals surface area contributed by atoms with Gasteiger partial charge < -0.3 is 0 Å². The monoisotopic (exact) mass is 244 g/mol. The summed E-state index contributed by atoms with van der Waals surface area (Å²) in [5.74, 6) is 0. The first-order valence-electron chi connectivity index (χ1n) is 6.16. The third-order valence-electron chi connectivity index (χ3n) is 1.90. The lowest BCUT2D eigenvalue weighted by molar-refractivity contribution is 1.35. The molecular formula is C16H24N2. The van der Waals surface area contributed by atoms with Crippen LogP contribution in [0.4, 0.5) is 5.69 Å². The maximum atomic E-state index is 4.12. The van der Waals surface area contributed by atoms with Crippen LogP contribution in [-0.2, 0) is 0 Å². The van der Waals surface area contributed by atoms with E-state index in [9.17, 15) is 0 Å². The van der Waals surface area contributed by atoms with Gasteiger partial charge in [0, 0.05) is 1.43 Å². The van der Waals surface area contributed by atoms with Gasteiger partial charge in [-0.1, -0.05) is 62.9 Å². The lowest BCUT2D eigenvalue weighted by Crippen LogP contribution is -1.89. The Hall–Kier alpha value is -2.09. The standard InChI is InChI=1S/C14H16N2.C2H6.H2/c1-3-5-9-13(4-2)12-15-16-14-10-7-6-8-11-14;1-2;/h3-12,16H,2H2,1H3;1-2H3;1H/b5-3-,13-9+,15-12+;;. The van der Waals surface area contributed by atoms with Crippen LogP contribution in [0.1, 0.15) is 22.2 Å². The van der Waals surface area contributed by atoms with Crippen molar-refractivity contribution in [3.05, 3.63) is 66.8 Å². The first-order valence-corrected chi connectivity index (χ1v) is 6.16. The maximum absolute atomic E-state index is 4.12. The number of benzene rings is 1. The highest BCUT2D eigenvalue weighted by Crippen LogP contribution is 2.04. The number of hydrazone groups is 1. The topological polar surface area (TPSA) is 24.4 Å². The Balaban J connectivity index is 0. The van der Waals surface area contributed by atoms with Crippen LogP contribution in [0.3, 0.4) is 0 Å². The first-order chi connectivity index (χ1) is 8.86. The van der Waals surface area contributed by atoms with Crippen LogP contribution in [0, 0.1) is 0 Å². The molecule has 98 valence electrons. The molecule has 0 unspecified atom stereocenters. The molecule has 1 aromatic carbocycles. The predicted octanol–water partition coefficient (Wildman–Crippen LogP) is 5.05. The van der Waals surface area contributed by atoms with E-state index in [2.05, 4.69) is 17.1 Å². The molecule has 0 aliphatic carbocycles. The molecule has 0 atom stereocenters. The van der Waals surface area contributed by atoms with Gasteiger partial charge in [-0.25, -0.2) is 0 Å². The lowest BCUT2D eigenvalue weighted by atomic mass is 10.2. The SMILES string of the molecule is C=CC(/C=N/Nc1ccccc1)=C\C=C/C.CC.[HH]. The summed E-state index contributed by atoms with van der Waals surface area (Å²) < 4.78 is 0. The molecule has 0 aromatic heterocycles. The van der Waals surface area contributed by atoms with Crippen molar-refractivity contribution in [2.24, 2.45) is 5.10 Å². The summed E-state index contributed by atoms with van der Waals surface area (Å²) in [6.07, 6.45) is 9.35. The number of hydrogen-bond donors (Lipinski definition) is 1. The number of allylic oxidation sites excluding steroid dienone is 5. The summed E-state index contributed by atoms with van der Waals surface area (Å²) in [5.41, 5.74) is 4.87. The molecule has 0 heterocycles. The summed E-state index contributed by atoms with van der Waals surface area (Å²) in [6, 6.07) is 9.81. The summed E-state index contributed by atoms with van der Waals surface area (Å²) in [4.78, 5) is 0. The normalized spacial score (nSPS) is 11.2. The molecule has 1 rings (SSSR count). The lowest BCUT2D eigenvalue weighted by Gasteiger charge is -1.98. The van der Waals surface area contributed by atoms with Crippen LogP contribution < -0.4 is 5.43 Å². The molecule has 2 heteroatoms. The van der Waals surface area contributed by atoms with Gasteiger partial charge in [0.1, 0.15) is 0 Å². The van der Waals surface area contributed by atoms with E-state index in [1.54, 1.807) is 12.3 Å². The van der Waals surface area contributed by atoms with Crippen LogP contribution in [0.2, 0.25) is 0 Å². The summed E-state index contributed by atoms with van der Waals surface area (Å²) in [5, 5.41) is 4.12. The first kappa shape index (κ1) is 15.9. The molecule has 1 aromatic rings. The van der Waals surface area contributed by atoms with Gasteiger partial charge in [0.25, 0.3) is 0 Å². The summed E-state index contributed by atoms with van der Waals surface area (Å²) in [7, 11) is 0. The van der Waals surface area contributed by atoms with Crippen LogP contribution in [0.25, 0.3) is 0 Å². The summed E-state index contributed by atoms with van der Waals surface area (Å²) >= 11 is 0. The van der Waals surface area contributed by atoms with E-state index < -0.39 is 0 Å². The molecule has 0 fully saturated rings. The Morgan fingerprint density at radius 1 is 1.28 bits per heavy atom. The average Bonchev–Trinajstić information content (AvgIpc) is 2.46. The van der Waals surface area contributed by atoms with Gasteiger partial charge in [-0.2, -0.15) is 5.10 Å². The Kier molecular flexibility index (Phi) is 10.1. The van der Waals surface area contributed by atoms with Crippen molar-refractivity contribution < 1.29 is 1.43 Å². The van der Waals surface area contributed by atoms with Crippen molar-refractivity contribution in [2.75, 3.05) is 5.43 Å². The quantitative estimate of drug-likeness (QED) is 0.438. The van der Waals surface area contributed by atoms with Crippen molar-refractivity contribution in [1.82, 2.24) is 0 Å². The van der Waals surface area contributed by atoms with Gasteiger partial charge in [0.15, 0.2) is 0 Å². The van der Waals surface area contributed by atoms with Crippen molar-refractivity contribution in [1.29, 1.82) is 0 Å². The second kappa shape index (κ2) is 11.4. The molecule has 2 nitrogen and oxygen atoms in total. The molecule has 0 aliphatic rings. The second-order valence-electron chi connectivity index (χ2n) is 3.13. The zero-order chi connectivity index (χ0) is 13.6. The molecule has 1 N–H and O–H groups in total. The highest BCUT2D eigenvalue weighted by molar-refractivity contribution is 5.83. The molecule has 0 saturated heterocycles. The number of nitrogens with zero attached hydrogens (tertiary/aromatic N) is 1. The molecule has 0 saturated carbocycles. The third-order valence-corrected chi connectivity index (χ3v) is 1.90. The van der Waals surface area contributed by atoms with E-state index in [1.165, 1.54) is 0 Å². The van der Waals surface area contributed by atoms with E-state index in [0.717, 1.165) is 11.3 Å². The van der Waals surface area contributed by atoms with E-state index in [-0.39, 0.29) is 1.43 Å². The Morgan fingerprint density at radius 2 is 1.94 bits per heavy atom. The third kappa shape index (κ3) is 7.23. The van der Waals surface area contributed by atoms with E-state index in [0.29, 0.717) is 0 Å². The van der Waals surface area contributed by atoms with Gasteiger partial charge in [-0.05, 0) is 24.6 Å². The summed E-state index contributed by atoms with van der Waals surface area (Å²) in [6.45, 7) is 9.69. The number of hydrogen-bond acceptors (Lipinski definition) is 2. The molecule has 0 aliphatic heterocycles. The fraction of sp³-hybridized carbons (Fsp3) is 0.188. The highest BCUT2D eigenvalue weighted by Gasteiger charge is 1.85. The fourth-order valence-corrected chi connectivity index (χ4v) is 1.07. The maximum Gasteiger partial charge on any atom is 0.0561 e. The number of rotatable bonds is 5. The Labute approximate surface area is 112 Å². The highest BCUT2D eigenvalue weighted by atomic mass is 15.3. The molecule has 0 spiro atoms. The van der Waals surface area contributed by atoms with Gasteiger partial charge in [-0.3, -0.25) is 5.43 Å². The fourth-order valence-electron chi connectivity index (χ4n) is 1.07. The van der Waals surface area contributed by atoms with E-state index in [4.69, 9.17) is 0 Å². The predicted molar refractivity (Wildman–Crippen MR) is 85.1 cm³/mol. The largest absolute Gasteiger partial charge is 0.279 e. The zero-order valence-corrected chi connectivity index (χ0v) is 11.4. The van der Waals surface area contributed by atoms with Crippen molar-refractivity contribution in [3.63, 3.8) is 0 Å². The van der Waals surface area contributed by atoms with Crippen LogP contribution in [0.5, 0.6) is 0 Å². The van der Waals surface area contributed by atoms with Crippen molar-refractivity contribution >= 4 is 11.9 Å². The van der Waals surface area contributed by atoms with Crippen molar-refractivity contribution in [3.8, 4) is 0 Å². The van der Waals surface area contributed by atoms with Crippen molar-refractivity contribution in [2.45, 2.75) is 20.8 Å². The smallest absolute Gasteiger partial charge is 0.0561 e. The number of anilines is 1. The van der Waals surface area contributed by atoms with Crippen LogP contribution in [0.15, 0.2) is 71.9 Å². The average molecular weight is 244 g/mol. The van der Waals surface area contributed by atoms with E-state index >= 15 is 0 Å². The number of nitrogens with one attached hydrogen (secondary N) is 1. The second-order valence-corrected chi connectivity index (χ2v) is 3.13. The van der Waals surface area contributed by atoms with Gasteiger partial charge >= 0.3 is 0 Å².